The van der Waals surface area contributed by atoms with Gasteiger partial charge in [0.05, 0.1) is 30.3 Å². The fourth-order valence-corrected chi connectivity index (χ4v) is 7.82. The molecule has 32 heavy (non-hydrogen) atoms. The quantitative estimate of drug-likeness (QED) is 0.603. The van der Waals surface area contributed by atoms with Crippen molar-refractivity contribution in [3.63, 3.8) is 0 Å². The molecule has 2 amide bonds. The molecule has 0 radical (unpaired) electrons. The van der Waals surface area contributed by atoms with Crippen LogP contribution in [0, 0.1) is 5.92 Å². The maximum absolute atomic E-state index is 13.3. The number of hydrogen-bond acceptors (Lipinski definition) is 6. The average Bonchev–Trinajstić information content (AvgIpc) is 3.37. The van der Waals surface area contributed by atoms with Gasteiger partial charge in [0, 0.05) is 31.1 Å². The molecule has 0 bridgehead atoms. The minimum Gasteiger partial charge on any atom is -0.372 e. The van der Waals surface area contributed by atoms with Crippen molar-refractivity contribution in [2.75, 3.05) is 44.2 Å². The molecule has 9 heteroatoms. The second-order valence-corrected chi connectivity index (χ2v) is 12.6. The van der Waals surface area contributed by atoms with Gasteiger partial charge in [-0.25, -0.2) is 8.42 Å². The van der Waals surface area contributed by atoms with E-state index < -0.39 is 9.84 Å². The molecule has 0 spiro atoms. The fraction of sp³-hybridized carbons (Fsp3) is 0.913. The van der Waals surface area contributed by atoms with Crippen LogP contribution in [0.25, 0.3) is 0 Å². The highest BCUT2D eigenvalue weighted by atomic mass is 32.2. The summed E-state index contributed by atoms with van der Waals surface area (Å²) in [5, 5.41) is 0. The Labute approximate surface area is 192 Å². The van der Waals surface area contributed by atoms with Gasteiger partial charge in [0.1, 0.15) is 0 Å². The van der Waals surface area contributed by atoms with Crippen molar-refractivity contribution in [3.8, 4) is 0 Å². The van der Waals surface area contributed by atoms with Crippen LogP contribution in [0.15, 0.2) is 0 Å². The van der Waals surface area contributed by atoms with Gasteiger partial charge in [-0.1, -0.05) is 12.8 Å². The second-order valence-electron chi connectivity index (χ2n) is 10.3. The van der Waals surface area contributed by atoms with E-state index in [1.165, 1.54) is 0 Å². The number of piperidine rings is 1. The first-order chi connectivity index (χ1) is 15.2. The van der Waals surface area contributed by atoms with E-state index in [0.29, 0.717) is 26.1 Å². The zero-order valence-corrected chi connectivity index (χ0v) is 20.4. The Kier molecular flexibility index (Phi) is 7.46. The predicted octanol–water partition coefficient (Wildman–Crippen LogP) is 1.29. The van der Waals surface area contributed by atoms with E-state index in [2.05, 4.69) is 4.90 Å². The van der Waals surface area contributed by atoms with Crippen LogP contribution in [0.2, 0.25) is 0 Å². The first-order valence-electron chi connectivity index (χ1n) is 12.4. The lowest BCUT2D eigenvalue weighted by Crippen LogP contribution is -2.53. The molecule has 3 aliphatic heterocycles. The Morgan fingerprint density at radius 2 is 1.56 bits per heavy atom. The van der Waals surface area contributed by atoms with Crippen LogP contribution in [-0.4, -0.2) is 103 Å². The number of likely N-dealkylation sites (tertiary alicyclic amines) is 1. The molecule has 3 unspecified atom stereocenters. The maximum atomic E-state index is 13.3. The summed E-state index contributed by atoms with van der Waals surface area (Å²) in [5.41, 5.74) is 0. The number of sulfone groups is 1. The van der Waals surface area contributed by atoms with Crippen LogP contribution >= 0.6 is 0 Å². The van der Waals surface area contributed by atoms with Crippen LogP contribution in [0.1, 0.15) is 58.8 Å². The van der Waals surface area contributed by atoms with Gasteiger partial charge in [-0.05, 0) is 59.0 Å². The molecule has 4 fully saturated rings. The van der Waals surface area contributed by atoms with E-state index in [-0.39, 0.29) is 53.5 Å². The molecule has 182 valence electrons. The molecule has 3 atom stereocenters. The molecule has 3 saturated heterocycles. The number of morpholine rings is 1. The maximum Gasteiger partial charge on any atom is 0.237 e. The third-order valence-corrected chi connectivity index (χ3v) is 9.39. The van der Waals surface area contributed by atoms with Crippen molar-refractivity contribution in [2.24, 2.45) is 5.92 Å². The summed E-state index contributed by atoms with van der Waals surface area (Å²) < 4.78 is 29.9. The molecular formula is C23H39N3O5S. The molecule has 0 aromatic heterocycles. The standard InChI is InChI=1S/C23H39N3O5S/c1-17-13-25(14-18(2)31-17)23(28)19-7-10-24(11-8-19)15-22(27)26(20-5-3-4-6-20)21-9-12-32(29,30)16-21/h17-21H,3-16H2,1-2H3. The molecule has 0 aromatic carbocycles. The van der Waals surface area contributed by atoms with E-state index in [1.54, 1.807) is 0 Å². The molecule has 4 rings (SSSR count). The lowest BCUT2D eigenvalue weighted by atomic mass is 9.94. The third kappa shape index (κ3) is 5.65. The largest absolute Gasteiger partial charge is 0.372 e. The Hall–Kier alpha value is -1.19. The van der Waals surface area contributed by atoms with E-state index in [4.69, 9.17) is 4.74 Å². The summed E-state index contributed by atoms with van der Waals surface area (Å²) in [6, 6.07) is 0.0187. The molecule has 1 saturated carbocycles. The van der Waals surface area contributed by atoms with Gasteiger partial charge < -0.3 is 14.5 Å². The summed E-state index contributed by atoms with van der Waals surface area (Å²) in [6.07, 6.45) is 6.44. The second kappa shape index (κ2) is 9.97. The van der Waals surface area contributed by atoms with Gasteiger partial charge in [0.2, 0.25) is 11.8 Å². The van der Waals surface area contributed by atoms with Crippen molar-refractivity contribution in [3.05, 3.63) is 0 Å². The van der Waals surface area contributed by atoms with Crippen molar-refractivity contribution >= 4 is 21.7 Å². The van der Waals surface area contributed by atoms with Crippen molar-refractivity contribution in [1.82, 2.24) is 14.7 Å². The predicted molar refractivity (Wildman–Crippen MR) is 122 cm³/mol. The summed E-state index contributed by atoms with van der Waals surface area (Å²) >= 11 is 0. The topological polar surface area (TPSA) is 87.2 Å². The number of carbonyl (C=O) groups is 2. The highest BCUT2D eigenvalue weighted by Gasteiger charge is 2.40. The summed E-state index contributed by atoms with van der Waals surface area (Å²) in [6.45, 7) is 7.13. The van der Waals surface area contributed by atoms with E-state index in [0.717, 1.165) is 51.6 Å². The Balaban J connectivity index is 1.31. The van der Waals surface area contributed by atoms with E-state index >= 15 is 0 Å². The van der Waals surface area contributed by atoms with Crippen LogP contribution in [0.3, 0.4) is 0 Å². The zero-order valence-electron chi connectivity index (χ0n) is 19.6. The monoisotopic (exact) mass is 469 g/mol. The fourth-order valence-electron chi connectivity index (χ4n) is 6.11. The Morgan fingerprint density at radius 3 is 2.12 bits per heavy atom. The smallest absolute Gasteiger partial charge is 0.237 e. The SMILES string of the molecule is CC1CN(C(=O)C2CCN(CC(=O)N(C3CCCC3)C3CCS(=O)(=O)C3)CC2)CC(C)O1. The molecule has 3 heterocycles. The van der Waals surface area contributed by atoms with Crippen LogP contribution in [0.4, 0.5) is 0 Å². The zero-order chi connectivity index (χ0) is 22.9. The van der Waals surface area contributed by atoms with Gasteiger partial charge in [-0.3, -0.25) is 14.5 Å². The minimum absolute atomic E-state index is 0.0183. The number of amides is 2. The molecule has 1 aliphatic carbocycles. The summed E-state index contributed by atoms with van der Waals surface area (Å²) in [7, 11) is -3.03. The molecule has 8 nitrogen and oxygen atoms in total. The first-order valence-corrected chi connectivity index (χ1v) is 14.2. The van der Waals surface area contributed by atoms with Gasteiger partial charge in [-0.2, -0.15) is 0 Å². The molecule has 0 N–H and O–H groups in total. The Morgan fingerprint density at radius 1 is 0.938 bits per heavy atom. The molecule has 0 aromatic rings. The lowest BCUT2D eigenvalue weighted by molar-refractivity contribution is -0.149. The number of hydrogen-bond donors (Lipinski definition) is 0. The summed E-state index contributed by atoms with van der Waals surface area (Å²) in [5.74, 6) is 0.619. The number of ether oxygens (including phenoxy) is 1. The summed E-state index contributed by atoms with van der Waals surface area (Å²) in [4.78, 5) is 32.4. The average molecular weight is 470 g/mol. The number of carbonyl (C=O) groups excluding carboxylic acids is 2. The van der Waals surface area contributed by atoms with Crippen LogP contribution in [-0.2, 0) is 24.2 Å². The van der Waals surface area contributed by atoms with Gasteiger partial charge in [0.15, 0.2) is 9.84 Å². The minimum atomic E-state index is -3.03. The lowest BCUT2D eigenvalue weighted by Gasteiger charge is -2.40. The highest BCUT2D eigenvalue weighted by Crippen LogP contribution is 2.30. The highest BCUT2D eigenvalue weighted by molar-refractivity contribution is 7.91. The van der Waals surface area contributed by atoms with Gasteiger partial charge in [0.25, 0.3) is 0 Å². The normalized spacial score (nSPS) is 32.3. The van der Waals surface area contributed by atoms with Crippen LogP contribution < -0.4 is 0 Å². The molecule has 4 aliphatic rings. The Bertz CT molecular complexity index is 779. The van der Waals surface area contributed by atoms with Crippen molar-refractivity contribution in [2.45, 2.75) is 83.1 Å². The van der Waals surface area contributed by atoms with Crippen molar-refractivity contribution < 1.29 is 22.7 Å². The van der Waals surface area contributed by atoms with Crippen LogP contribution in [0.5, 0.6) is 0 Å². The van der Waals surface area contributed by atoms with Crippen molar-refractivity contribution in [1.29, 1.82) is 0 Å². The van der Waals surface area contributed by atoms with Gasteiger partial charge >= 0.3 is 0 Å². The molecular weight excluding hydrogens is 430 g/mol. The van der Waals surface area contributed by atoms with Gasteiger partial charge in [-0.15, -0.1) is 0 Å². The first kappa shape index (κ1) is 24.0. The van der Waals surface area contributed by atoms with E-state index in [1.807, 2.05) is 23.6 Å². The number of nitrogens with zero attached hydrogens (tertiary/aromatic N) is 3. The third-order valence-electron chi connectivity index (χ3n) is 7.63. The number of rotatable bonds is 5. The van der Waals surface area contributed by atoms with E-state index in [9.17, 15) is 18.0 Å².